The minimum atomic E-state index is -5.24. The second kappa shape index (κ2) is 38.3. The molecule has 7 aliphatic rings. The fourth-order valence-corrected chi connectivity index (χ4v) is 18.2. The number of hydrogen-bond acceptors (Lipinski definition) is 14. The predicted molar refractivity (Wildman–Crippen MR) is 394 cm³/mol. The Morgan fingerprint density at radius 1 is 0.616 bits per heavy atom. The first-order chi connectivity index (χ1) is 52.2. The molecular formula is C77H121F8N13O14. The van der Waals surface area contributed by atoms with Gasteiger partial charge in [0.2, 0.25) is 76.8 Å². The molecule has 4 N–H and O–H groups in total. The minimum absolute atomic E-state index is 0.00480. The minimum Gasteiger partial charge on any atom is -0.380 e. The first-order valence-electron chi connectivity index (χ1n) is 39.8. The van der Waals surface area contributed by atoms with Gasteiger partial charge in [-0.15, -0.1) is 0 Å². The zero-order valence-corrected chi connectivity index (χ0v) is 67.7. The van der Waals surface area contributed by atoms with E-state index < -0.39 is 254 Å². The molecule has 112 heavy (non-hydrogen) atoms. The molecule has 35 heteroatoms. The van der Waals surface area contributed by atoms with Crippen molar-refractivity contribution in [1.82, 2.24) is 65.4 Å². The summed E-state index contributed by atoms with van der Waals surface area (Å²) in [6.45, 7) is 11.7. The molecule has 3 aliphatic heterocycles. The molecule has 13 amide bonds. The molecule has 634 valence electrons. The number of alkyl halides is 8. The molecule has 0 aromatic carbocycles. The summed E-state index contributed by atoms with van der Waals surface area (Å²) in [7, 11) is 9.06. The quantitative estimate of drug-likeness (QED) is 0.155. The molecule has 0 aromatic heterocycles. The van der Waals surface area contributed by atoms with E-state index in [2.05, 4.69) is 21.3 Å². The molecule has 3 heterocycles. The van der Waals surface area contributed by atoms with Crippen LogP contribution in [0, 0.1) is 46.8 Å². The van der Waals surface area contributed by atoms with Crippen molar-refractivity contribution in [3.05, 3.63) is 0 Å². The van der Waals surface area contributed by atoms with Crippen molar-refractivity contribution >= 4 is 76.8 Å². The van der Waals surface area contributed by atoms with E-state index in [-0.39, 0.29) is 96.3 Å². The Hall–Kier alpha value is -7.49. The fourth-order valence-electron chi connectivity index (χ4n) is 18.2. The Morgan fingerprint density at radius 2 is 1.21 bits per heavy atom. The first kappa shape index (κ1) is 91.7. The number of carbonyl (C=O) groups excluding carboxylic acids is 13. The number of rotatable bonds is 14. The summed E-state index contributed by atoms with van der Waals surface area (Å²) in [6, 6.07) is -12.1. The molecule has 7 fully saturated rings. The summed E-state index contributed by atoms with van der Waals surface area (Å²) in [5, 5.41) is 11.1. The van der Waals surface area contributed by atoms with Gasteiger partial charge in [-0.1, -0.05) is 60.8 Å². The van der Waals surface area contributed by atoms with E-state index in [4.69, 9.17) is 4.74 Å². The van der Waals surface area contributed by atoms with Crippen LogP contribution in [0.15, 0.2) is 0 Å². The van der Waals surface area contributed by atoms with E-state index in [1.165, 1.54) is 52.1 Å². The molecule has 12 atom stereocenters. The average molecular weight is 1600 g/mol. The molecule has 4 aliphatic carbocycles. The highest BCUT2D eigenvalue weighted by molar-refractivity contribution is 6.02. The van der Waals surface area contributed by atoms with E-state index >= 15 is 47.1 Å². The number of hydrogen-bond donors (Lipinski definition) is 4. The van der Waals surface area contributed by atoms with E-state index in [9.17, 15) is 50.3 Å². The monoisotopic (exact) mass is 1600 g/mol. The van der Waals surface area contributed by atoms with Crippen LogP contribution in [0.5, 0.6) is 0 Å². The van der Waals surface area contributed by atoms with Crippen molar-refractivity contribution in [3.63, 3.8) is 0 Å². The highest BCUT2D eigenvalue weighted by Gasteiger charge is 2.60. The maximum absolute atomic E-state index is 15.8. The van der Waals surface area contributed by atoms with Crippen molar-refractivity contribution < 1.29 is 102 Å². The summed E-state index contributed by atoms with van der Waals surface area (Å²) in [5.74, 6) is -18.7. The fraction of sp³-hybridized carbons (Fsp3) is 0.831. The Morgan fingerprint density at radius 3 is 1.76 bits per heavy atom. The molecule has 27 nitrogen and oxygen atoms in total. The van der Waals surface area contributed by atoms with Crippen LogP contribution in [0.2, 0.25) is 0 Å². The van der Waals surface area contributed by atoms with E-state index in [0.29, 0.717) is 32.1 Å². The van der Waals surface area contributed by atoms with Crippen LogP contribution in [-0.2, 0) is 67.1 Å². The summed E-state index contributed by atoms with van der Waals surface area (Å²) in [5.41, 5.74) is -2.40. The van der Waals surface area contributed by atoms with Crippen LogP contribution in [0.25, 0.3) is 0 Å². The largest absolute Gasteiger partial charge is 0.397 e. The van der Waals surface area contributed by atoms with Crippen molar-refractivity contribution in [1.29, 1.82) is 0 Å². The van der Waals surface area contributed by atoms with Crippen molar-refractivity contribution in [2.24, 2.45) is 46.8 Å². The smallest absolute Gasteiger partial charge is 0.380 e. The summed E-state index contributed by atoms with van der Waals surface area (Å²) >= 11 is 0. The average Bonchev–Trinajstić information content (AvgIpc) is 1.00. The van der Waals surface area contributed by atoms with Gasteiger partial charge in [0.15, 0.2) is 0 Å². The van der Waals surface area contributed by atoms with Gasteiger partial charge in [0, 0.05) is 88.5 Å². The second-order valence-electron chi connectivity index (χ2n) is 33.9. The normalized spacial score (nSPS) is 31.6. The predicted octanol–water partition coefficient (Wildman–Crippen LogP) is 5.55. The molecule has 7 rings (SSSR count). The van der Waals surface area contributed by atoms with Crippen LogP contribution in [0.3, 0.4) is 0 Å². The first-order valence-corrected chi connectivity index (χ1v) is 39.8. The SMILES string of the molecule is CC[C@H](C)[C@@H]1NC(=O)[C@H](CC(C)C)N(C)C(=O)C[C@@H](C(=O)N(CC)CC)N(C)C(=O)[C@H](C2CCCC2)N(C)C(=O)C2(CC(C)(C)C2)NC(=O)[C@@H]2C[C@@H](OC)CN2C(=O)[C@H](CCC2CC(F)C(C(F)(F)F)C(F)C2)NC(=O)CN(C)C(=O)[C@H](CC2CCC(C(F)(F)F)CC2)N2CCNC(=O)C[C@@H](C2=O)N(C)C(=O)CN(C)C1=O. The Bertz CT molecular complexity index is 3370. The van der Waals surface area contributed by atoms with Gasteiger partial charge in [-0.3, -0.25) is 62.3 Å². The van der Waals surface area contributed by atoms with Crippen LogP contribution >= 0.6 is 0 Å². The number of nitrogens with one attached hydrogen (secondary N) is 4. The molecule has 2 unspecified atom stereocenters. The third-order valence-electron chi connectivity index (χ3n) is 24.8. The number of ether oxygens (including phenoxy) is 1. The zero-order chi connectivity index (χ0) is 83.7. The molecule has 0 radical (unpaired) electrons. The van der Waals surface area contributed by atoms with Gasteiger partial charge < -0.3 is 70.1 Å². The van der Waals surface area contributed by atoms with E-state index in [1.54, 1.807) is 41.5 Å². The lowest BCUT2D eigenvalue weighted by Crippen LogP contribution is -2.71. The van der Waals surface area contributed by atoms with Gasteiger partial charge >= 0.3 is 12.4 Å². The van der Waals surface area contributed by atoms with Gasteiger partial charge in [0.25, 0.3) is 0 Å². The molecule has 3 saturated heterocycles. The molecule has 1 spiro atoms. The lowest BCUT2D eigenvalue weighted by Gasteiger charge is -2.54. The standard InChI is InChI=1S/C77H121F8N13O14/c1-16-44(6)63-71(109)91(10)40-61(102)93(12)55-36-58(99)86-29-30-97(70(55)108)57(34-45-23-26-48(27-24-45)76(80,81)82)68(106)90(9)39-59(100)87-52(28-25-46-32-50(78)62(51(79)33-46)77(83,84)85)67(105)98-38-49(112-15)35-54(98)66(104)89-75(41-74(7,8)42-75)73(111)95(14)64(47-21-19-20-22-47)72(110)94(13)56(69(107)96(17-2)18-3)37-60(101)92(11)53(31-43(4)5)65(103)88-63/h43-57,62-64H,16-42H2,1-15H3,(H,86,99)(H,87,100)(H,88,103)(H,89,104)/t44-,45?,46?,48?,49+,50?,51?,52-,53-,54-,55-,56-,57-,62?,63-,64-/m0/s1. The van der Waals surface area contributed by atoms with Gasteiger partial charge in [-0.2, -0.15) is 26.3 Å². The zero-order valence-electron chi connectivity index (χ0n) is 67.7. The molecule has 0 aromatic rings. The molecule has 2 bridgehead atoms. The molecular weight excluding hydrogens is 1480 g/mol. The Labute approximate surface area is 652 Å². The van der Waals surface area contributed by atoms with Crippen molar-refractivity contribution in [2.75, 3.05) is 95.2 Å². The third kappa shape index (κ3) is 21.9. The number of likely N-dealkylation sites (N-methyl/N-ethyl adjacent to an activating group) is 7. The molecule has 4 saturated carbocycles. The number of halogens is 8. The lowest BCUT2D eigenvalue weighted by atomic mass is 9.58. The number of nitrogens with zero attached hydrogens (tertiary/aromatic N) is 9. The highest BCUT2D eigenvalue weighted by atomic mass is 19.4. The number of amides is 13. The highest BCUT2D eigenvalue weighted by Crippen LogP contribution is 2.50. The van der Waals surface area contributed by atoms with E-state index in [0.717, 1.165) is 41.3 Å². The number of methoxy groups -OCH3 is 1. The summed E-state index contributed by atoms with van der Waals surface area (Å²) < 4.78 is 121. The second-order valence-corrected chi connectivity index (χ2v) is 33.9. The van der Waals surface area contributed by atoms with Crippen LogP contribution in [0.4, 0.5) is 35.1 Å². The number of carbonyl (C=O) groups is 13. The van der Waals surface area contributed by atoms with Crippen LogP contribution < -0.4 is 21.3 Å². The van der Waals surface area contributed by atoms with Gasteiger partial charge in [-0.25, -0.2) is 8.78 Å². The maximum atomic E-state index is 15.8. The van der Waals surface area contributed by atoms with Crippen LogP contribution in [0.1, 0.15) is 184 Å². The number of fused-ring (bicyclic) bond motifs is 3. The Balaban J connectivity index is 1.35. The van der Waals surface area contributed by atoms with Gasteiger partial charge in [0.05, 0.1) is 38.0 Å². The lowest BCUT2D eigenvalue weighted by molar-refractivity contribution is -0.219. The Kier molecular flexibility index (Phi) is 31.4. The van der Waals surface area contributed by atoms with E-state index in [1.807, 2.05) is 13.8 Å². The van der Waals surface area contributed by atoms with Gasteiger partial charge in [-0.05, 0) is 139 Å². The van der Waals surface area contributed by atoms with Crippen LogP contribution in [-0.4, -0.2) is 301 Å². The topological polar surface area (TPSA) is 308 Å². The van der Waals surface area contributed by atoms with Crippen molar-refractivity contribution in [3.8, 4) is 0 Å². The maximum Gasteiger partial charge on any atom is 0.397 e. The summed E-state index contributed by atoms with van der Waals surface area (Å²) in [6.07, 6.45) is -18.7. The van der Waals surface area contributed by atoms with Gasteiger partial charge in [0.1, 0.15) is 72.1 Å². The van der Waals surface area contributed by atoms with Crippen molar-refractivity contribution in [2.45, 2.75) is 268 Å². The third-order valence-corrected chi connectivity index (χ3v) is 24.8. The summed E-state index contributed by atoms with van der Waals surface area (Å²) in [4.78, 5) is 206.